The van der Waals surface area contributed by atoms with E-state index >= 15 is 0 Å². The first-order valence-electron chi connectivity index (χ1n) is 14.6. The minimum absolute atomic E-state index is 0.00883. The molecule has 0 radical (unpaired) electrons. The predicted molar refractivity (Wildman–Crippen MR) is 164 cm³/mol. The van der Waals surface area contributed by atoms with E-state index in [1.165, 1.54) is 12.1 Å². The molecule has 16 heteroatoms. The van der Waals surface area contributed by atoms with Gasteiger partial charge in [-0.15, -0.1) is 0 Å². The largest absolute Gasteiger partial charge is 0.508 e. The molecule has 0 aliphatic rings. The van der Waals surface area contributed by atoms with Gasteiger partial charge in [-0.1, -0.05) is 39.8 Å². The van der Waals surface area contributed by atoms with Gasteiger partial charge >= 0.3 is 5.97 Å². The Bertz CT molecular complexity index is 1210. The first kappa shape index (κ1) is 38.1. The average molecular weight is 635 g/mol. The number of amides is 5. The second-order valence-electron chi connectivity index (χ2n) is 11.3. The second-order valence-corrected chi connectivity index (χ2v) is 11.3. The van der Waals surface area contributed by atoms with Crippen molar-refractivity contribution in [3.8, 4) is 5.75 Å². The number of aliphatic carboxylic acids is 1. The molecule has 16 nitrogen and oxygen atoms in total. The number of nitrogens with two attached hydrogens (primary N) is 2. The van der Waals surface area contributed by atoms with Gasteiger partial charge in [-0.05, 0) is 42.4 Å². The molecule has 0 unspecified atom stereocenters. The zero-order chi connectivity index (χ0) is 34.3. The third-order valence-electron chi connectivity index (χ3n) is 6.72. The Balaban J connectivity index is 3.19. The van der Waals surface area contributed by atoms with Crippen LogP contribution in [0.1, 0.15) is 58.9 Å². The monoisotopic (exact) mass is 634 g/mol. The predicted octanol–water partition coefficient (Wildman–Crippen LogP) is -1.20. The van der Waals surface area contributed by atoms with Crippen LogP contribution in [0.2, 0.25) is 0 Å². The summed E-state index contributed by atoms with van der Waals surface area (Å²) in [5, 5.41) is 39.3. The van der Waals surface area contributed by atoms with Gasteiger partial charge in [0.1, 0.15) is 29.9 Å². The van der Waals surface area contributed by atoms with Crippen molar-refractivity contribution in [2.24, 2.45) is 23.3 Å². The molecule has 0 aliphatic heterocycles. The van der Waals surface area contributed by atoms with Gasteiger partial charge in [0, 0.05) is 25.8 Å². The van der Waals surface area contributed by atoms with Crippen molar-refractivity contribution in [3.63, 3.8) is 0 Å². The SMILES string of the molecule is CC(C)[C@H](NC(=O)[C@H](Cc1ccc(O)cc1)NC(=O)[C@@H](NC(=O)[C@H](CCCNC(=N)N)NC(=O)CCC(N)=O)C(C)C)C(=O)O. The summed E-state index contributed by atoms with van der Waals surface area (Å²) in [5.74, 6) is -5.97. The fourth-order valence-electron chi connectivity index (χ4n) is 4.20. The number of carbonyl (C=O) groups is 6. The molecular formula is C29H46N8O8. The normalized spacial score (nSPS) is 13.6. The molecule has 0 heterocycles. The lowest BCUT2D eigenvalue weighted by atomic mass is 9.99. The molecule has 45 heavy (non-hydrogen) atoms. The molecule has 0 aromatic heterocycles. The van der Waals surface area contributed by atoms with Crippen molar-refractivity contribution in [2.45, 2.75) is 84.0 Å². The third-order valence-corrected chi connectivity index (χ3v) is 6.72. The number of benzene rings is 1. The molecular weight excluding hydrogens is 588 g/mol. The van der Waals surface area contributed by atoms with E-state index < -0.39 is 71.5 Å². The van der Waals surface area contributed by atoms with Gasteiger partial charge in [-0.2, -0.15) is 0 Å². The lowest BCUT2D eigenvalue weighted by molar-refractivity contribution is -0.143. The molecule has 250 valence electrons. The van der Waals surface area contributed by atoms with E-state index in [0.29, 0.717) is 12.0 Å². The Morgan fingerprint density at radius 2 is 1.33 bits per heavy atom. The van der Waals surface area contributed by atoms with Gasteiger partial charge in [0.2, 0.25) is 29.5 Å². The smallest absolute Gasteiger partial charge is 0.326 e. The van der Waals surface area contributed by atoms with Crippen LogP contribution in [0, 0.1) is 17.2 Å². The molecule has 0 saturated heterocycles. The van der Waals surface area contributed by atoms with E-state index in [1.807, 2.05) is 0 Å². The van der Waals surface area contributed by atoms with Crippen LogP contribution in [0.4, 0.5) is 0 Å². The van der Waals surface area contributed by atoms with Crippen molar-refractivity contribution in [1.82, 2.24) is 26.6 Å². The summed E-state index contributed by atoms with van der Waals surface area (Å²) in [6.07, 6.45) is -0.128. The first-order chi connectivity index (χ1) is 21.0. The van der Waals surface area contributed by atoms with Crippen LogP contribution in [0.15, 0.2) is 24.3 Å². The maximum Gasteiger partial charge on any atom is 0.326 e. The number of nitrogens with one attached hydrogen (secondary N) is 6. The Hall–Kier alpha value is -4.89. The van der Waals surface area contributed by atoms with Gasteiger partial charge in [0.05, 0.1) is 0 Å². The third kappa shape index (κ3) is 14.4. The summed E-state index contributed by atoms with van der Waals surface area (Å²) in [6.45, 7) is 6.80. The maximum absolute atomic E-state index is 13.5. The molecule has 0 bridgehead atoms. The highest BCUT2D eigenvalue weighted by molar-refractivity contribution is 5.95. The minimum atomic E-state index is -1.25. The molecule has 1 aromatic rings. The summed E-state index contributed by atoms with van der Waals surface area (Å²) in [7, 11) is 0. The minimum Gasteiger partial charge on any atom is -0.508 e. The van der Waals surface area contributed by atoms with Crippen molar-refractivity contribution >= 4 is 41.5 Å². The summed E-state index contributed by atoms with van der Waals surface area (Å²) in [5.41, 5.74) is 11.0. The molecule has 0 aliphatic carbocycles. The van der Waals surface area contributed by atoms with Crippen molar-refractivity contribution in [1.29, 1.82) is 5.41 Å². The lowest BCUT2D eigenvalue weighted by Gasteiger charge is -2.28. The highest BCUT2D eigenvalue weighted by Gasteiger charge is 2.33. The summed E-state index contributed by atoms with van der Waals surface area (Å²) in [6, 6.07) is 1.14. The number of primary amides is 1. The summed E-state index contributed by atoms with van der Waals surface area (Å²) < 4.78 is 0. The second kappa shape index (κ2) is 18.7. The quantitative estimate of drug-likeness (QED) is 0.0493. The number of carboxylic acids is 1. The molecule has 0 saturated carbocycles. The van der Waals surface area contributed by atoms with Crippen LogP contribution >= 0.6 is 0 Å². The fraction of sp³-hybridized carbons (Fsp3) is 0.552. The zero-order valence-electron chi connectivity index (χ0n) is 26.0. The number of guanidine groups is 1. The number of phenols is 1. The van der Waals surface area contributed by atoms with Gasteiger partial charge < -0.3 is 48.3 Å². The number of carboxylic acid groups (broad SMARTS) is 1. The standard InChI is InChI=1S/C29H46N8O8/c1-15(2)23(36-25(41)19(6-5-13-33-29(31)32)34-22(40)12-11-21(30)39)27(43)35-20(14-17-7-9-18(38)10-8-17)26(42)37-24(16(3)4)28(44)45/h7-10,15-16,19-20,23-24,38H,5-6,11-14H2,1-4H3,(H2,30,39)(H,34,40)(H,35,43)(H,36,41)(H,37,42)(H,44,45)(H4,31,32,33)/t19-,20-,23-,24-/m0/s1. The molecule has 1 rings (SSSR count). The molecule has 1 aromatic carbocycles. The molecule has 5 amide bonds. The lowest BCUT2D eigenvalue weighted by Crippen LogP contribution is -2.59. The molecule has 12 N–H and O–H groups in total. The summed E-state index contributed by atoms with van der Waals surface area (Å²) >= 11 is 0. The van der Waals surface area contributed by atoms with E-state index in [9.17, 15) is 39.0 Å². The van der Waals surface area contributed by atoms with Crippen molar-refractivity contribution in [3.05, 3.63) is 29.8 Å². The van der Waals surface area contributed by atoms with Gasteiger partial charge in [0.25, 0.3) is 0 Å². The van der Waals surface area contributed by atoms with Crippen LogP contribution in [0.3, 0.4) is 0 Å². The fourth-order valence-corrected chi connectivity index (χ4v) is 4.20. The topological polar surface area (TPSA) is 279 Å². The van der Waals surface area contributed by atoms with Crippen LogP contribution < -0.4 is 38.1 Å². The van der Waals surface area contributed by atoms with Crippen molar-refractivity contribution < 1.29 is 39.0 Å². The number of rotatable bonds is 19. The number of phenolic OH excluding ortho intramolecular Hbond substituents is 1. The van der Waals surface area contributed by atoms with Crippen molar-refractivity contribution in [2.75, 3.05) is 6.54 Å². The number of aromatic hydroxyl groups is 1. The molecule has 4 atom stereocenters. The summed E-state index contributed by atoms with van der Waals surface area (Å²) in [4.78, 5) is 75.4. The van der Waals surface area contributed by atoms with Crippen LogP contribution in [0.25, 0.3) is 0 Å². The molecule has 0 fully saturated rings. The van der Waals surface area contributed by atoms with E-state index in [4.69, 9.17) is 16.9 Å². The highest BCUT2D eigenvalue weighted by Crippen LogP contribution is 2.13. The zero-order valence-corrected chi connectivity index (χ0v) is 26.0. The van der Waals surface area contributed by atoms with Gasteiger partial charge in [-0.25, -0.2) is 4.79 Å². The highest BCUT2D eigenvalue weighted by atomic mass is 16.4. The Kier molecular flexibility index (Phi) is 15.8. The van der Waals surface area contributed by atoms with Crippen LogP contribution in [0.5, 0.6) is 5.75 Å². The Morgan fingerprint density at radius 1 is 0.778 bits per heavy atom. The first-order valence-corrected chi connectivity index (χ1v) is 14.6. The Labute approximate surface area is 261 Å². The Morgan fingerprint density at radius 3 is 1.84 bits per heavy atom. The maximum atomic E-state index is 13.5. The molecule has 0 spiro atoms. The number of hydrogen-bond acceptors (Lipinski definition) is 8. The van der Waals surface area contributed by atoms with Gasteiger partial charge in [0.15, 0.2) is 5.96 Å². The number of hydrogen-bond donors (Lipinski definition) is 10. The van der Waals surface area contributed by atoms with Crippen LogP contribution in [-0.4, -0.2) is 82.4 Å². The average Bonchev–Trinajstić information content (AvgIpc) is 2.94. The van der Waals surface area contributed by atoms with E-state index in [0.717, 1.165) is 0 Å². The van der Waals surface area contributed by atoms with E-state index in [2.05, 4.69) is 26.6 Å². The van der Waals surface area contributed by atoms with E-state index in [1.54, 1.807) is 39.8 Å². The van der Waals surface area contributed by atoms with Crippen LogP contribution in [-0.2, 0) is 35.2 Å². The number of carbonyl (C=O) groups excluding carboxylic acids is 5. The van der Waals surface area contributed by atoms with E-state index in [-0.39, 0.29) is 43.9 Å². The van der Waals surface area contributed by atoms with Gasteiger partial charge in [-0.3, -0.25) is 29.4 Å².